The van der Waals surface area contributed by atoms with Gasteiger partial charge in [0.15, 0.2) is 5.01 Å². The average Bonchev–Trinajstić information content (AvgIpc) is 2.86. The van der Waals surface area contributed by atoms with E-state index in [4.69, 9.17) is 10.3 Å². The lowest BCUT2D eigenvalue weighted by Gasteiger charge is -1.99. The molecule has 2 aromatic rings. The van der Waals surface area contributed by atoms with E-state index in [-0.39, 0.29) is 15.5 Å². The van der Waals surface area contributed by atoms with E-state index in [0.717, 1.165) is 12.1 Å². The SMILES string of the molecule is NS(=O)(=O)c1ccc(C(=O)c2nnc(S(N)(=O)=O)s2)cc1. The van der Waals surface area contributed by atoms with Crippen LogP contribution in [-0.2, 0) is 20.0 Å². The zero-order valence-electron chi connectivity index (χ0n) is 10.1. The summed E-state index contributed by atoms with van der Waals surface area (Å²) in [7, 11) is -7.88. The van der Waals surface area contributed by atoms with Crippen LogP contribution in [0.5, 0.6) is 0 Å². The first-order chi connectivity index (χ1) is 9.59. The third-order valence-corrected chi connectivity index (χ3v) is 5.45. The highest BCUT2D eigenvalue weighted by Gasteiger charge is 2.20. The zero-order chi connectivity index (χ0) is 15.8. The van der Waals surface area contributed by atoms with Crippen LogP contribution >= 0.6 is 11.3 Å². The van der Waals surface area contributed by atoms with Crippen molar-refractivity contribution in [2.45, 2.75) is 9.24 Å². The highest BCUT2D eigenvalue weighted by Crippen LogP contribution is 2.18. The number of carbonyl (C=O) groups is 1. The Balaban J connectivity index is 2.35. The van der Waals surface area contributed by atoms with Crippen molar-refractivity contribution in [1.29, 1.82) is 0 Å². The van der Waals surface area contributed by atoms with Crippen LogP contribution < -0.4 is 10.3 Å². The van der Waals surface area contributed by atoms with Crippen LogP contribution in [0, 0.1) is 0 Å². The summed E-state index contributed by atoms with van der Waals surface area (Å²) in [5.74, 6) is -0.608. The number of hydrogen-bond acceptors (Lipinski definition) is 8. The Bertz CT molecular complexity index is 899. The molecule has 1 heterocycles. The number of aromatic nitrogens is 2. The first-order valence-corrected chi connectivity index (χ1v) is 9.04. The molecule has 1 aromatic heterocycles. The smallest absolute Gasteiger partial charge is 0.267 e. The molecule has 0 aliphatic heterocycles. The van der Waals surface area contributed by atoms with Gasteiger partial charge in [-0.25, -0.2) is 27.1 Å². The summed E-state index contributed by atoms with van der Waals surface area (Å²) in [6, 6.07) is 4.79. The maximum Gasteiger partial charge on any atom is 0.267 e. The van der Waals surface area contributed by atoms with Gasteiger partial charge >= 0.3 is 0 Å². The lowest BCUT2D eigenvalue weighted by Crippen LogP contribution is -2.12. The molecule has 112 valence electrons. The Labute approximate surface area is 123 Å². The van der Waals surface area contributed by atoms with Gasteiger partial charge in [-0.05, 0) is 24.3 Å². The minimum Gasteiger partial charge on any atom is -0.286 e. The predicted octanol–water partition coefficient (Wildman–Crippen LogP) is -0.936. The van der Waals surface area contributed by atoms with Crippen molar-refractivity contribution in [3.05, 3.63) is 34.8 Å². The van der Waals surface area contributed by atoms with Gasteiger partial charge in [0, 0.05) is 5.56 Å². The molecule has 9 nitrogen and oxygen atoms in total. The molecule has 0 bridgehead atoms. The number of hydrogen-bond donors (Lipinski definition) is 2. The molecule has 0 atom stereocenters. The maximum absolute atomic E-state index is 12.0. The number of benzene rings is 1. The number of primary sulfonamides is 2. The summed E-state index contributed by atoms with van der Waals surface area (Å²) in [5.41, 5.74) is 0.111. The van der Waals surface area contributed by atoms with Gasteiger partial charge in [0.2, 0.25) is 20.1 Å². The molecule has 1 aromatic carbocycles. The van der Waals surface area contributed by atoms with Crippen molar-refractivity contribution in [2.75, 3.05) is 0 Å². The van der Waals surface area contributed by atoms with E-state index < -0.39 is 30.2 Å². The lowest BCUT2D eigenvalue weighted by molar-refractivity contribution is 0.103. The minimum absolute atomic E-state index is 0.111. The summed E-state index contributed by atoms with van der Waals surface area (Å²) in [5, 5.41) is 16.4. The molecule has 0 aliphatic rings. The molecule has 2 rings (SSSR count). The molecule has 0 saturated carbocycles. The van der Waals surface area contributed by atoms with Gasteiger partial charge < -0.3 is 0 Å². The van der Waals surface area contributed by atoms with Crippen molar-refractivity contribution in [2.24, 2.45) is 10.3 Å². The molecular weight excluding hydrogens is 340 g/mol. The normalized spacial score (nSPS) is 12.3. The zero-order valence-corrected chi connectivity index (χ0v) is 12.6. The van der Waals surface area contributed by atoms with E-state index >= 15 is 0 Å². The molecule has 4 N–H and O–H groups in total. The van der Waals surface area contributed by atoms with E-state index in [1.54, 1.807) is 0 Å². The fourth-order valence-corrected chi connectivity index (χ4v) is 3.25. The number of nitrogens with zero attached hydrogens (tertiary/aromatic N) is 2. The fraction of sp³-hybridized carbons (Fsp3) is 0. The summed E-state index contributed by atoms with van der Waals surface area (Å²) >= 11 is 0.525. The van der Waals surface area contributed by atoms with Gasteiger partial charge in [-0.3, -0.25) is 4.79 Å². The topological polar surface area (TPSA) is 163 Å². The Hall–Kier alpha value is -1.73. The predicted molar refractivity (Wildman–Crippen MR) is 72.5 cm³/mol. The van der Waals surface area contributed by atoms with Crippen molar-refractivity contribution in [3.8, 4) is 0 Å². The molecule has 0 aliphatic carbocycles. The second-order valence-corrected chi connectivity index (χ2v) is 8.09. The van der Waals surface area contributed by atoms with E-state index in [9.17, 15) is 21.6 Å². The van der Waals surface area contributed by atoms with Gasteiger partial charge in [-0.2, -0.15) is 0 Å². The Kier molecular flexibility index (Phi) is 3.90. The van der Waals surface area contributed by atoms with Crippen molar-refractivity contribution in [3.63, 3.8) is 0 Å². The quantitative estimate of drug-likeness (QED) is 0.673. The molecule has 12 heteroatoms. The summed E-state index contributed by atoms with van der Waals surface area (Å²) < 4.78 is 43.8. The van der Waals surface area contributed by atoms with Gasteiger partial charge in [0.05, 0.1) is 4.90 Å². The third-order valence-electron chi connectivity index (χ3n) is 2.29. The van der Waals surface area contributed by atoms with Crippen LogP contribution in [-0.4, -0.2) is 32.8 Å². The van der Waals surface area contributed by atoms with E-state index in [2.05, 4.69) is 10.2 Å². The Morgan fingerprint density at radius 1 is 0.952 bits per heavy atom. The third kappa shape index (κ3) is 3.48. The van der Waals surface area contributed by atoms with Crippen LogP contribution in [0.15, 0.2) is 33.5 Å². The molecule has 0 fully saturated rings. The monoisotopic (exact) mass is 348 g/mol. The molecule has 0 radical (unpaired) electrons. The van der Waals surface area contributed by atoms with Gasteiger partial charge in [0.1, 0.15) is 0 Å². The standard InChI is InChI=1S/C9H8N4O5S3/c10-20(15,16)6-3-1-5(2-4-6)7(14)8-12-13-9(19-8)21(11,17)18/h1-4H,(H2,10,15,16)(H2,11,17,18). The van der Waals surface area contributed by atoms with Crippen LogP contribution in [0.1, 0.15) is 15.4 Å². The van der Waals surface area contributed by atoms with Crippen molar-refractivity contribution in [1.82, 2.24) is 10.2 Å². The highest BCUT2D eigenvalue weighted by atomic mass is 32.2. The second kappa shape index (κ2) is 5.23. The fourth-order valence-electron chi connectivity index (χ4n) is 1.34. The maximum atomic E-state index is 12.0. The molecule has 0 spiro atoms. The molecule has 0 saturated heterocycles. The first kappa shape index (κ1) is 15.7. The highest BCUT2D eigenvalue weighted by molar-refractivity contribution is 7.91. The number of carbonyl (C=O) groups excluding carboxylic acids is 1. The van der Waals surface area contributed by atoms with E-state index in [1.807, 2.05) is 0 Å². The molecule has 0 unspecified atom stereocenters. The Morgan fingerprint density at radius 2 is 1.52 bits per heavy atom. The van der Waals surface area contributed by atoms with Crippen LogP contribution in [0.3, 0.4) is 0 Å². The van der Waals surface area contributed by atoms with Crippen molar-refractivity contribution < 1.29 is 21.6 Å². The van der Waals surface area contributed by atoms with Crippen LogP contribution in [0.2, 0.25) is 0 Å². The van der Waals surface area contributed by atoms with E-state index in [1.165, 1.54) is 12.1 Å². The van der Waals surface area contributed by atoms with Crippen LogP contribution in [0.4, 0.5) is 0 Å². The molecule has 21 heavy (non-hydrogen) atoms. The number of rotatable bonds is 4. The lowest BCUT2D eigenvalue weighted by atomic mass is 10.1. The summed E-state index contributed by atoms with van der Waals surface area (Å²) in [6.07, 6.45) is 0. The van der Waals surface area contributed by atoms with Crippen molar-refractivity contribution >= 4 is 37.2 Å². The molecular formula is C9H8N4O5S3. The largest absolute Gasteiger partial charge is 0.286 e. The second-order valence-electron chi connectivity index (χ2n) is 3.82. The first-order valence-electron chi connectivity index (χ1n) is 5.13. The summed E-state index contributed by atoms with van der Waals surface area (Å²) in [6.45, 7) is 0. The Morgan fingerprint density at radius 3 is 1.95 bits per heavy atom. The van der Waals surface area contributed by atoms with Gasteiger partial charge in [-0.15, -0.1) is 10.2 Å². The number of sulfonamides is 2. The summed E-state index contributed by atoms with van der Waals surface area (Å²) in [4.78, 5) is 11.9. The number of ketones is 1. The average molecular weight is 348 g/mol. The molecule has 0 amide bonds. The van der Waals surface area contributed by atoms with E-state index in [0.29, 0.717) is 11.3 Å². The van der Waals surface area contributed by atoms with Crippen LogP contribution in [0.25, 0.3) is 0 Å². The minimum atomic E-state index is -4.03. The number of nitrogens with two attached hydrogens (primary N) is 2. The van der Waals surface area contributed by atoms with Gasteiger partial charge in [0.25, 0.3) is 10.0 Å². The van der Waals surface area contributed by atoms with Gasteiger partial charge in [-0.1, -0.05) is 11.3 Å².